The Labute approximate surface area is 150 Å². The van der Waals surface area contributed by atoms with E-state index in [0.29, 0.717) is 5.41 Å². The Morgan fingerprint density at radius 3 is 2.48 bits per heavy atom. The van der Waals surface area contributed by atoms with Crippen molar-refractivity contribution in [1.29, 1.82) is 0 Å². The molecule has 2 aliphatic heterocycles. The van der Waals surface area contributed by atoms with Gasteiger partial charge in [-0.05, 0) is 49.6 Å². The lowest BCUT2D eigenvalue weighted by Gasteiger charge is -2.40. The van der Waals surface area contributed by atoms with E-state index in [2.05, 4.69) is 10.2 Å². The molecule has 1 atom stereocenters. The highest BCUT2D eigenvalue weighted by atomic mass is 16.5. The summed E-state index contributed by atoms with van der Waals surface area (Å²) in [4.78, 5) is 15.3. The molecule has 1 spiro atoms. The Kier molecular flexibility index (Phi) is 5.09. The summed E-state index contributed by atoms with van der Waals surface area (Å²) in [5.41, 5.74) is 1.44. The van der Waals surface area contributed by atoms with Gasteiger partial charge in [0.15, 0.2) is 6.10 Å². The molecule has 0 bridgehead atoms. The van der Waals surface area contributed by atoms with E-state index < -0.39 is 6.10 Å². The van der Waals surface area contributed by atoms with E-state index >= 15 is 0 Å². The molecule has 25 heavy (non-hydrogen) atoms. The molecule has 3 aliphatic rings. The van der Waals surface area contributed by atoms with E-state index in [4.69, 9.17) is 4.74 Å². The highest BCUT2D eigenvalue weighted by Crippen LogP contribution is 2.38. The standard InChI is InChI=1S/C21H30N2O2/c24-20(23-14-11-21(12-15-23)10-13-22-16-21)19(17-6-2-1-3-7-17)25-18-8-4-5-9-18/h1-3,6-7,18-19,22H,4-5,8-16H2. The van der Waals surface area contributed by atoms with Crippen LogP contribution in [-0.4, -0.2) is 43.1 Å². The lowest BCUT2D eigenvalue weighted by molar-refractivity contribution is -0.150. The van der Waals surface area contributed by atoms with Crippen molar-refractivity contribution < 1.29 is 9.53 Å². The maximum absolute atomic E-state index is 13.3. The van der Waals surface area contributed by atoms with Gasteiger partial charge in [-0.15, -0.1) is 0 Å². The number of amides is 1. The highest BCUT2D eigenvalue weighted by Gasteiger charge is 2.40. The number of nitrogens with zero attached hydrogens (tertiary/aromatic N) is 1. The third-order valence-electron chi connectivity index (χ3n) is 6.43. The molecular weight excluding hydrogens is 312 g/mol. The van der Waals surface area contributed by atoms with E-state index in [1.54, 1.807) is 0 Å². The number of nitrogens with one attached hydrogen (secondary N) is 1. The zero-order chi connectivity index (χ0) is 17.1. The predicted octanol–water partition coefficient (Wildman–Crippen LogP) is 3.29. The van der Waals surface area contributed by atoms with Crippen molar-refractivity contribution in [3.63, 3.8) is 0 Å². The maximum atomic E-state index is 13.3. The largest absolute Gasteiger partial charge is 0.360 e. The molecule has 0 aromatic heterocycles. The van der Waals surface area contributed by atoms with Crippen molar-refractivity contribution >= 4 is 5.91 Å². The number of ether oxygens (including phenoxy) is 1. The first-order chi connectivity index (χ1) is 12.3. The van der Waals surface area contributed by atoms with Gasteiger partial charge in [0.05, 0.1) is 6.10 Å². The third-order valence-corrected chi connectivity index (χ3v) is 6.43. The summed E-state index contributed by atoms with van der Waals surface area (Å²) in [6.07, 6.45) is 7.93. The monoisotopic (exact) mass is 342 g/mol. The van der Waals surface area contributed by atoms with Gasteiger partial charge in [-0.2, -0.15) is 0 Å². The van der Waals surface area contributed by atoms with Crippen molar-refractivity contribution in [1.82, 2.24) is 10.2 Å². The van der Waals surface area contributed by atoms with E-state index in [-0.39, 0.29) is 12.0 Å². The second-order valence-electron chi connectivity index (χ2n) is 8.09. The van der Waals surface area contributed by atoms with Gasteiger partial charge in [-0.1, -0.05) is 43.2 Å². The molecule has 1 aromatic rings. The second kappa shape index (κ2) is 7.46. The molecule has 1 aromatic carbocycles. The minimum absolute atomic E-state index is 0.166. The Balaban J connectivity index is 1.45. The number of rotatable bonds is 4. The SMILES string of the molecule is O=C(C(OC1CCCC1)c1ccccc1)N1CCC2(CCNC2)CC1. The summed E-state index contributed by atoms with van der Waals surface area (Å²) >= 11 is 0. The number of hydrogen-bond acceptors (Lipinski definition) is 3. The van der Waals surface area contributed by atoms with Crippen molar-refractivity contribution in [3.8, 4) is 0 Å². The number of likely N-dealkylation sites (tertiary alicyclic amines) is 1. The highest BCUT2D eigenvalue weighted by molar-refractivity contribution is 5.82. The van der Waals surface area contributed by atoms with Crippen LogP contribution in [0.25, 0.3) is 0 Å². The molecule has 4 nitrogen and oxygen atoms in total. The summed E-state index contributed by atoms with van der Waals surface area (Å²) < 4.78 is 6.33. The van der Waals surface area contributed by atoms with E-state index in [1.807, 2.05) is 30.3 Å². The van der Waals surface area contributed by atoms with Crippen LogP contribution >= 0.6 is 0 Å². The van der Waals surface area contributed by atoms with Crippen molar-refractivity contribution in [2.45, 2.75) is 57.2 Å². The number of piperidine rings is 1. The van der Waals surface area contributed by atoms with Gasteiger partial charge in [-0.3, -0.25) is 4.79 Å². The van der Waals surface area contributed by atoms with Crippen LogP contribution in [0.15, 0.2) is 30.3 Å². The van der Waals surface area contributed by atoms with Crippen LogP contribution in [0.3, 0.4) is 0 Å². The fraction of sp³-hybridized carbons (Fsp3) is 0.667. The number of benzene rings is 1. The zero-order valence-corrected chi connectivity index (χ0v) is 15.1. The molecule has 1 aliphatic carbocycles. The van der Waals surface area contributed by atoms with Crippen LogP contribution < -0.4 is 5.32 Å². The lowest BCUT2D eigenvalue weighted by atomic mass is 9.77. The normalized spacial score (nSPS) is 24.7. The van der Waals surface area contributed by atoms with Gasteiger partial charge in [0, 0.05) is 19.6 Å². The minimum atomic E-state index is -0.431. The van der Waals surface area contributed by atoms with Crippen LogP contribution in [0.1, 0.15) is 56.6 Å². The number of carbonyl (C=O) groups is 1. The third kappa shape index (κ3) is 3.75. The van der Waals surface area contributed by atoms with Gasteiger partial charge in [0.2, 0.25) is 0 Å². The van der Waals surface area contributed by atoms with Gasteiger partial charge in [0.25, 0.3) is 5.91 Å². The van der Waals surface area contributed by atoms with Crippen molar-refractivity contribution in [2.24, 2.45) is 5.41 Å². The van der Waals surface area contributed by atoms with E-state index in [9.17, 15) is 4.79 Å². The summed E-state index contributed by atoms with van der Waals surface area (Å²) in [6, 6.07) is 10.1. The molecule has 2 saturated heterocycles. The molecule has 136 valence electrons. The summed E-state index contributed by atoms with van der Waals surface area (Å²) in [5, 5.41) is 3.50. The van der Waals surface area contributed by atoms with Gasteiger partial charge in [-0.25, -0.2) is 0 Å². The molecule has 1 saturated carbocycles. The number of hydrogen-bond donors (Lipinski definition) is 1. The predicted molar refractivity (Wildman–Crippen MR) is 98.3 cm³/mol. The Hall–Kier alpha value is -1.39. The fourth-order valence-electron chi connectivity index (χ4n) is 4.71. The average Bonchev–Trinajstić information content (AvgIpc) is 3.33. The summed E-state index contributed by atoms with van der Waals surface area (Å²) in [5.74, 6) is 0.166. The lowest BCUT2D eigenvalue weighted by Crippen LogP contribution is -2.46. The Bertz CT molecular complexity index is 567. The summed E-state index contributed by atoms with van der Waals surface area (Å²) in [7, 11) is 0. The minimum Gasteiger partial charge on any atom is -0.360 e. The second-order valence-corrected chi connectivity index (χ2v) is 8.09. The van der Waals surface area contributed by atoms with Crippen molar-refractivity contribution in [2.75, 3.05) is 26.2 Å². The molecule has 3 fully saturated rings. The first kappa shape index (κ1) is 17.0. The smallest absolute Gasteiger partial charge is 0.256 e. The molecule has 1 amide bonds. The van der Waals surface area contributed by atoms with Crippen LogP contribution in [0.2, 0.25) is 0 Å². The van der Waals surface area contributed by atoms with Gasteiger partial charge < -0.3 is 15.0 Å². The molecular formula is C21H30N2O2. The topological polar surface area (TPSA) is 41.6 Å². The van der Waals surface area contributed by atoms with Crippen LogP contribution in [0, 0.1) is 5.41 Å². The first-order valence-corrected chi connectivity index (χ1v) is 9.96. The quantitative estimate of drug-likeness (QED) is 0.913. The van der Waals surface area contributed by atoms with E-state index in [1.165, 1.54) is 19.3 Å². The molecule has 2 heterocycles. The fourth-order valence-corrected chi connectivity index (χ4v) is 4.71. The molecule has 1 unspecified atom stereocenters. The molecule has 4 rings (SSSR count). The van der Waals surface area contributed by atoms with Crippen LogP contribution in [0.4, 0.5) is 0 Å². The average molecular weight is 342 g/mol. The van der Waals surface area contributed by atoms with Crippen LogP contribution in [-0.2, 0) is 9.53 Å². The molecule has 1 N–H and O–H groups in total. The Morgan fingerprint density at radius 2 is 1.84 bits per heavy atom. The molecule has 0 radical (unpaired) electrons. The van der Waals surface area contributed by atoms with Crippen molar-refractivity contribution in [3.05, 3.63) is 35.9 Å². The number of carbonyl (C=O) groups excluding carboxylic acids is 1. The Morgan fingerprint density at radius 1 is 1.12 bits per heavy atom. The van der Waals surface area contributed by atoms with Gasteiger partial charge in [0.1, 0.15) is 0 Å². The molecule has 4 heteroatoms. The maximum Gasteiger partial charge on any atom is 0.256 e. The van der Waals surface area contributed by atoms with E-state index in [0.717, 1.165) is 57.4 Å². The zero-order valence-electron chi connectivity index (χ0n) is 15.1. The van der Waals surface area contributed by atoms with Crippen LogP contribution in [0.5, 0.6) is 0 Å². The first-order valence-electron chi connectivity index (χ1n) is 9.96. The summed E-state index contributed by atoms with van der Waals surface area (Å²) in [6.45, 7) is 4.00. The van der Waals surface area contributed by atoms with Gasteiger partial charge >= 0.3 is 0 Å².